The van der Waals surface area contributed by atoms with Crippen LogP contribution in [0.25, 0.3) is 28.4 Å². The van der Waals surface area contributed by atoms with E-state index in [-0.39, 0.29) is 10.7 Å². The predicted molar refractivity (Wildman–Crippen MR) is 158 cm³/mol. The molecule has 210 valence electrons. The molecule has 3 aromatic carbocycles. The third-order valence-electron chi connectivity index (χ3n) is 6.90. The number of aliphatic carboxylic acids is 1. The zero-order valence-corrected chi connectivity index (χ0v) is 23.9. The molecule has 0 radical (unpaired) electrons. The van der Waals surface area contributed by atoms with Crippen LogP contribution >= 0.6 is 11.8 Å². The fraction of sp³-hybridized carbons (Fsp3) is 0.194. The summed E-state index contributed by atoms with van der Waals surface area (Å²) in [6, 6.07) is 19.8. The Morgan fingerprint density at radius 2 is 1.68 bits per heavy atom. The molecule has 0 bridgehead atoms. The van der Waals surface area contributed by atoms with Crippen LogP contribution in [0.15, 0.2) is 76.8 Å². The average molecular weight is 573 g/mol. The van der Waals surface area contributed by atoms with Crippen molar-refractivity contribution in [2.75, 3.05) is 14.2 Å². The Balaban J connectivity index is 1.56. The van der Waals surface area contributed by atoms with Crippen molar-refractivity contribution in [2.45, 2.75) is 32.1 Å². The normalized spacial score (nSPS) is 11.7. The maximum atomic E-state index is 14.5. The highest BCUT2D eigenvalue weighted by atomic mass is 32.2. The van der Waals surface area contributed by atoms with Gasteiger partial charge in [0.05, 0.1) is 20.8 Å². The number of thioether (sulfide) groups is 1. The number of rotatable bonds is 10. The number of nitrogens with zero attached hydrogens (tertiary/aromatic N) is 4. The van der Waals surface area contributed by atoms with Gasteiger partial charge in [-0.2, -0.15) is 0 Å². The van der Waals surface area contributed by atoms with Crippen LogP contribution in [0.5, 0.6) is 11.5 Å². The molecule has 0 amide bonds. The van der Waals surface area contributed by atoms with Gasteiger partial charge in [-0.1, -0.05) is 36.4 Å². The molecule has 0 fully saturated rings. The summed E-state index contributed by atoms with van der Waals surface area (Å²) in [7, 11) is 3.15. The van der Waals surface area contributed by atoms with Crippen LogP contribution in [-0.2, 0) is 17.9 Å². The molecule has 0 aliphatic rings. The van der Waals surface area contributed by atoms with Crippen molar-refractivity contribution in [3.05, 3.63) is 94.3 Å². The summed E-state index contributed by atoms with van der Waals surface area (Å²) >= 11 is 1.03. The molecule has 2 heterocycles. The molecule has 0 aliphatic heterocycles. The van der Waals surface area contributed by atoms with Gasteiger partial charge in [-0.15, -0.1) is 10.2 Å². The molecule has 41 heavy (non-hydrogen) atoms. The molecule has 10 heteroatoms. The minimum Gasteiger partial charge on any atom is -0.497 e. The van der Waals surface area contributed by atoms with Gasteiger partial charge < -0.3 is 23.7 Å². The molecule has 0 aliphatic carbocycles. The quantitative estimate of drug-likeness (QED) is 0.148. The van der Waals surface area contributed by atoms with E-state index in [9.17, 15) is 14.3 Å². The molecular formula is C31H29FN4O4S. The zero-order chi connectivity index (χ0) is 29.1. The monoisotopic (exact) mass is 572 g/mol. The van der Waals surface area contributed by atoms with E-state index in [1.807, 2.05) is 59.4 Å². The van der Waals surface area contributed by atoms with E-state index in [0.717, 1.165) is 39.5 Å². The first-order chi connectivity index (χ1) is 19.8. The Morgan fingerprint density at radius 1 is 1.00 bits per heavy atom. The maximum absolute atomic E-state index is 14.5. The number of hydrogen-bond donors (Lipinski definition) is 1. The number of hydrogen-bond acceptors (Lipinski definition) is 6. The first-order valence-electron chi connectivity index (χ1n) is 12.9. The average Bonchev–Trinajstić information content (AvgIpc) is 3.51. The predicted octanol–water partition coefficient (Wildman–Crippen LogP) is 6.65. The van der Waals surface area contributed by atoms with Gasteiger partial charge in [0.1, 0.15) is 22.2 Å². The largest absolute Gasteiger partial charge is 0.497 e. The number of carboxylic acid groups (broad SMARTS) is 1. The summed E-state index contributed by atoms with van der Waals surface area (Å²) in [4.78, 5) is 12.6. The number of carbonyl (C=O) groups is 1. The van der Waals surface area contributed by atoms with Crippen LogP contribution < -0.4 is 9.47 Å². The molecule has 5 rings (SSSR count). The van der Waals surface area contributed by atoms with Crippen molar-refractivity contribution in [3.63, 3.8) is 0 Å². The van der Waals surface area contributed by atoms with Gasteiger partial charge in [-0.3, -0.25) is 0 Å². The number of para-hydroxylation sites is 1. The fourth-order valence-electron chi connectivity index (χ4n) is 4.80. The highest BCUT2D eigenvalue weighted by Gasteiger charge is 2.21. The van der Waals surface area contributed by atoms with Crippen molar-refractivity contribution in [3.8, 4) is 22.9 Å². The molecule has 0 atom stereocenters. The van der Waals surface area contributed by atoms with Crippen LogP contribution in [0.1, 0.15) is 23.7 Å². The SMILES string of the molecule is CCn1c(S/C(=C\c2c(C)n(Cc3ccccc3F)c3ccccc23)C(=O)O)nnc1-c1cc(OC)cc(OC)c1. The molecule has 0 saturated heterocycles. The Hall–Kier alpha value is -4.57. The summed E-state index contributed by atoms with van der Waals surface area (Å²) in [6.45, 7) is 4.69. The van der Waals surface area contributed by atoms with Crippen LogP contribution in [0.2, 0.25) is 0 Å². The third kappa shape index (κ3) is 5.55. The standard InChI is InChI=1S/C31H29FN4O4S/c1-5-35-29(21-14-22(39-3)16-23(15-21)40-4)33-34-31(35)41-28(30(37)38)17-25-19(2)36(27-13-9-7-11-24(25)27)18-20-10-6-8-12-26(20)32/h6-17H,5,18H2,1-4H3,(H,37,38)/b28-17-. The van der Waals surface area contributed by atoms with Gasteiger partial charge in [-0.05, 0) is 56.0 Å². The first-order valence-corrected chi connectivity index (χ1v) is 13.8. The van der Waals surface area contributed by atoms with Crippen molar-refractivity contribution < 1.29 is 23.8 Å². The van der Waals surface area contributed by atoms with E-state index in [1.54, 1.807) is 44.6 Å². The van der Waals surface area contributed by atoms with Crippen molar-refractivity contribution in [1.82, 2.24) is 19.3 Å². The van der Waals surface area contributed by atoms with Crippen LogP contribution in [0.4, 0.5) is 4.39 Å². The van der Waals surface area contributed by atoms with Gasteiger partial charge in [0, 0.05) is 45.9 Å². The Morgan fingerprint density at radius 3 is 2.34 bits per heavy atom. The van der Waals surface area contributed by atoms with E-state index in [4.69, 9.17) is 9.47 Å². The second-order valence-electron chi connectivity index (χ2n) is 9.26. The van der Waals surface area contributed by atoms with Gasteiger partial charge in [-0.25, -0.2) is 9.18 Å². The second kappa shape index (κ2) is 11.9. The van der Waals surface area contributed by atoms with E-state index in [2.05, 4.69) is 10.2 Å². The van der Waals surface area contributed by atoms with E-state index >= 15 is 0 Å². The molecule has 8 nitrogen and oxygen atoms in total. The Kier molecular flexibility index (Phi) is 8.11. The lowest BCUT2D eigenvalue weighted by atomic mass is 10.1. The van der Waals surface area contributed by atoms with E-state index in [1.165, 1.54) is 6.07 Å². The van der Waals surface area contributed by atoms with Crippen LogP contribution in [0, 0.1) is 12.7 Å². The van der Waals surface area contributed by atoms with Gasteiger partial charge in [0.15, 0.2) is 11.0 Å². The van der Waals surface area contributed by atoms with E-state index < -0.39 is 5.97 Å². The summed E-state index contributed by atoms with van der Waals surface area (Å²) in [5, 5.41) is 20.3. The highest BCUT2D eigenvalue weighted by Crippen LogP contribution is 2.36. The Labute approximate surface area is 241 Å². The first kappa shape index (κ1) is 28.0. The van der Waals surface area contributed by atoms with Crippen molar-refractivity contribution in [2.24, 2.45) is 0 Å². The summed E-state index contributed by atoms with van der Waals surface area (Å²) in [6.07, 6.45) is 1.66. The van der Waals surface area contributed by atoms with Crippen molar-refractivity contribution in [1.29, 1.82) is 0 Å². The summed E-state index contributed by atoms with van der Waals surface area (Å²) < 4.78 is 29.2. The molecule has 5 aromatic rings. The molecule has 0 spiro atoms. The molecule has 2 aromatic heterocycles. The number of carboxylic acids is 1. The number of benzene rings is 3. The zero-order valence-electron chi connectivity index (χ0n) is 23.1. The number of fused-ring (bicyclic) bond motifs is 1. The highest BCUT2D eigenvalue weighted by molar-refractivity contribution is 8.04. The lowest BCUT2D eigenvalue weighted by Crippen LogP contribution is -2.04. The molecule has 0 unspecified atom stereocenters. The smallest absolute Gasteiger partial charge is 0.342 e. The molecular weight excluding hydrogens is 543 g/mol. The van der Waals surface area contributed by atoms with Gasteiger partial charge in [0.2, 0.25) is 0 Å². The maximum Gasteiger partial charge on any atom is 0.342 e. The summed E-state index contributed by atoms with van der Waals surface area (Å²) in [5.41, 5.74) is 3.75. The number of aromatic nitrogens is 4. The number of halogens is 1. The van der Waals surface area contributed by atoms with Crippen LogP contribution in [-0.4, -0.2) is 44.6 Å². The number of methoxy groups -OCH3 is 2. The fourth-order valence-corrected chi connectivity index (χ4v) is 5.67. The number of ether oxygens (including phenoxy) is 2. The lowest BCUT2D eigenvalue weighted by molar-refractivity contribution is -0.131. The van der Waals surface area contributed by atoms with E-state index in [0.29, 0.717) is 41.1 Å². The minimum absolute atomic E-state index is 0.0822. The van der Waals surface area contributed by atoms with Crippen molar-refractivity contribution >= 4 is 34.7 Å². The van der Waals surface area contributed by atoms with Gasteiger partial charge in [0.25, 0.3) is 0 Å². The topological polar surface area (TPSA) is 91.4 Å². The minimum atomic E-state index is -1.09. The lowest BCUT2D eigenvalue weighted by Gasteiger charge is -2.11. The van der Waals surface area contributed by atoms with Gasteiger partial charge >= 0.3 is 5.97 Å². The third-order valence-corrected chi connectivity index (χ3v) is 7.89. The molecule has 1 N–H and O–H groups in total. The second-order valence-corrected chi connectivity index (χ2v) is 10.3. The molecule has 0 saturated carbocycles. The summed E-state index contributed by atoms with van der Waals surface area (Å²) in [5.74, 6) is 0.400. The Bertz CT molecular complexity index is 1750. The van der Waals surface area contributed by atoms with Crippen LogP contribution in [0.3, 0.4) is 0 Å².